The van der Waals surface area contributed by atoms with Gasteiger partial charge < -0.3 is 4.98 Å². The summed E-state index contributed by atoms with van der Waals surface area (Å²) in [4.78, 5) is 32.3. The molecule has 0 spiro atoms. The normalized spacial score (nSPS) is 14.5. The number of hydrogen-bond acceptors (Lipinski definition) is 6. The summed E-state index contributed by atoms with van der Waals surface area (Å²) in [5, 5.41) is 1.09. The third kappa shape index (κ3) is 3.25. The molecule has 0 atom stereocenters. The zero-order chi connectivity index (χ0) is 17.4. The van der Waals surface area contributed by atoms with E-state index in [1.165, 1.54) is 4.88 Å². The summed E-state index contributed by atoms with van der Waals surface area (Å²) in [6.07, 6.45) is 4.21. The Labute approximate surface area is 149 Å². The molecule has 0 aliphatic carbocycles. The van der Waals surface area contributed by atoms with Crippen molar-refractivity contribution < 1.29 is 0 Å². The maximum Gasteiger partial charge on any atom is 0.255 e. The Hall–Kier alpha value is -2.38. The monoisotopic (exact) mass is 353 g/mol. The average molecular weight is 353 g/mol. The number of H-pyrrole nitrogens is 1. The van der Waals surface area contributed by atoms with Gasteiger partial charge >= 0.3 is 0 Å². The number of aromatic amines is 1. The maximum atomic E-state index is 12.6. The molecule has 7 heteroatoms. The molecule has 0 bridgehead atoms. The molecule has 0 radical (unpaired) electrons. The van der Waals surface area contributed by atoms with Crippen LogP contribution in [0.1, 0.15) is 26.8 Å². The molecule has 0 saturated carbocycles. The van der Waals surface area contributed by atoms with Gasteiger partial charge in [0.05, 0.1) is 22.0 Å². The van der Waals surface area contributed by atoms with Crippen LogP contribution < -0.4 is 5.56 Å². The number of aryl methyl sites for hydroxylation is 2. The first-order chi connectivity index (χ1) is 12.1. The van der Waals surface area contributed by atoms with Crippen LogP contribution in [0, 0.1) is 13.8 Å². The molecule has 1 N–H and O–H groups in total. The van der Waals surface area contributed by atoms with E-state index in [4.69, 9.17) is 0 Å². The predicted molar refractivity (Wildman–Crippen MR) is 97.5 cm³/mol. The number of rotatable bonds is 3. The molecule has 25 heavy (non-hydrogen) atoms. The van der Waals surface area contributed by atoms with Crippen LogP contribution in [0.5, 0.6) is 0 Å². The van der Waals surface area contributed by atoms with Gasteiger partial charge in [-0.25, -0.2) is 9.97 Å². The summed E-state index contributed by atoms with van der Waals surface area (Å²) < 4.78 is 0. The first-order valence-corrected chi connectivity index (χ1v) is 9.09. The number of nitrogens with one attached hydrogen (secondary N) is 1. The number of pyridine rings is 1. The highest BCUT2D eigenvalue weighted by Crippen LogP contribution is 2.23. The van der Waals surface area contributed by atoms with Gasteiger partial charge in [0.25, 0.3) is 5.56 Å². The molecule has 1 aliphatic rings. The highest BCUT2D eigenvalue weighted by atomic mass is 32.1. The minimum absolute atomic E-state index is 0.0502. The Morgan fingerprint density at radius 2 is 2.20 bits per heavy atom. The SMILES string of the molecule is Cc1nc(C)c(CN2CCc3nc(-c4cccnc4)[nH]c(=O)c3C2)s1. The topological polar surface area (TPSA) is 74.8 Å². The van der Waals surface area contributed by atoms with Crippen molar-refractivity contribution in [2.75, 3.05) is 6.54 Å². The van der Waals surface area contributed by atoms with E-state index in [-0.39, 0.29) is 5.56 Å². The minimum Gasteiger partial charge on any atom is -0.306 e. The Kier molecular flexibility index (Phi) is 4.19. The van der Waals surface area contributed by atoms with Crippen molar-refractivity contribution in [3.63, 3.8) is 0 Å². The number of thiazole rings is 1. The fourth-order valence-electron chi connectivity index (χ4n) is 3.18. The van der Waals surface area contributed by atoms with Crippen molar-refractivity contribution in [3.8, 4) is 11.4 Å². The first-order valence-electron chi connectivity index (χ1n) is 8.28. The van der Waals surface area contributed by atoms with E-state index < -0.39 is 0 Å². The Bertz CT molecular complexity index is 963. The molecule has 3 aromatic rings. The summed E-state index contributed by atoms with van der Waals surface area (Å²) in [6.45, 7) is 6.43. The molecular formula is C18H19N5OS. The van der Waals surface area contributed by atoms with Crippen molar-refractivity contribution >= 4 is 11.3 Å². The Morgan fingerprint density at radius 1 is 1.32 bits per heavy atom. The number of nitrogens with zero attached hydrogens (tertiary/aromatic N) is 4. The summed E-state index contributed by atoms with van der Waals surface area (Å²) in [6, 6.07) is 3.75. The molecule has 0 aromatic carbocycles. The maximum absolute atomic E-state index is 12.6. The summed E-state index contributed by atoms with van der Waals surface area (Å²) in [5.74, 6) is 0.597. The quantitative estimate of drug-likeness (QED) is 0.783. The summed E-state index contributed by atoms with van der Waals surface area (Å²) in [7, 11) is 0. The second kappa shape index (κ2) is 6.50. The molecule has 0 amide bonds. The summed E-state index contributed by atoms with van der Waals surface area (Å²) in [5.41, 5.74) is 3.55. The fraction of sp³-hybridized carbons (Fsp3) is 0.333. The molecule has 3 aromatic heterocycles. The lowest BCUT2D eigenvalue weighted by molar-refractivity contribution is 0.243. The number of hydrogen-bond donors (Lipinski definition) is 1. The molecule has 4 heterocycles. The Balaban J connectivity index is 1.59. The average Bonchev–Trinajstić information content (AvgIpc) is 2.93. The number of fused-ring (bicyclic) bond motifs is 1. The van der Waals surface area contributed by atoms with Gasteiger partial charge in [-0.1, -0.05) is 0 Å². The van der Waals surface area contributed by atoms with Crippen LogP contribution in [0.4, 0.5) is 0 Å². The molecule has 0 saturated heterocycles. The van der Waals surface area contributed by atoms with Gasteiger partial charge in [-0.05, 0) is 26.0 Å². The van der Waals surface area contributed by atoms with Crippen molar-refractivity contribution in [1.82, 2.24) is 24.8 Å². The lowest BCUT2D eigenvalue weighted by atomic mass is 10.1. The number of aromatic nitrogens is 4. The molecule has 0 unspecified atom stereocenters. The fourth-order valence-corrected chi connectivity index (χ4v) is 4.16. The van der Waals surface area contributed by atoms with E-state index in [2.05, 4.69) is 24.8 Å². The van der Waals surface area contributed by atoms with E-state index in [0.29, 0.717) is 12.4 Å². The predicted octanol–water partition coefficient (Wildman–Crippen LogP) is 2.46. The Morgan fingerprint density at radius 3 is 2.92 bits per heavy atom. The van der Waals surface area contributed by atoms with Gasteiger partial charge in [-0.3, -0.25) is 14.7 Å². The highest BCUT2D eigenvalue weighted by molar-refractivity contribution is 7.11. The molecular weight excluding hydrogens is 334 g/mol. The molecule has 128 valence electrons. The zero-order valence-corrected chi connectivity index (χ0v) is 15.1. The second-order valence-corrected chi connectivity index (χ2v) is 7.57. The third-order valence-electron chi connectivity index (χ3n) is 4.45. The van der Waals surface area contributed by atoms with Crippen molar-refractivity contribution in [3.05, 3.63) is 61.7 Å². The van der Waals surface area contributed by atoms with Crippen LogP contribution in [0.3, 0.4) is 0 Å². The molecule has 6 nitrogen and oxygen atoms in total. The first kappa shape index (κ1) is 16.1. The van der Waals surface area contributed by atoms with Crippen molar-refractivity contribution in [2.24, 2.45) is 0 Å². The van der Waals surface area contributed by atoms with Crippen LogP contribution >= 0.6 is 11.3 Å². The van der Waals surface area contributed by atoms with E-state index in [0.717, 1.165) is 47.0 Å². The smallest absolute Gasteiger partial charge is 0.255 e. The van der Waals surface area contributed by atoms with Gasteiger partial charge in [-0.15, -0.1) is 11.3 Å². The molecule has 0 fully saturated rings. The van der Waals surface area contributed by atoms with Crippen LogP contribution in [0.2, 0.25) is 0 Å². The lowest BCUT2D eigenvalue weighted by Gasteiger charge is -2.27. The van der Waals surface area contributed by atoms with Gasteiger partial charge in [0, 0.05) is 48.9 Å². The third-order valence-corrected chi connectivity index (χ3v) is 5.51. The van der Waals surface area contributed by atoms with E-state index in [1.54, 1.807) is 23.7 Å². The summed E-state index contributed by atoms with van der Waals surface area (Å²) >= 11 is 1.73. The lowest BCUT2D eigenvalue weighted by Crippen LogP contribution is -2.35. The van der Waals surface area contributed by atoms with E-state index in [1.807, 2.05) is 26.0 Å². The van der Waals surface area contributed by atoms with Crippen molar-refractivity contribution in [2.45, 2.75) is 33.4 Å². The van der Waals surface area contributed by atoms with Crippen LogP contribution in [0.25, 0.3) is 11.4 Å². The van der Waals surface area contributed by atoms with Gasteiger partial charge in [0.15, 0.2) is 0 Å². The van der Waals surface area contributed by atoms with E-state index in [9.17, 15) is 4.79 Å². The van der Waals surface area contributed by atoms with Crippen LogP contribution in [0.15, 0.2) is 29.3 Å². The van der Waals surface area contributed by atoms with Crippen LogP contribution in [-0.2, 0) is 19.5 Å². The van der Waals surface area contributed by atoms with Crippen molar-refractivity contribution in [1.29, 1.82) is 0 Å². The largest absolute Gasteiger partial charge is 0.306 e. The highest BCUT2D eigenvalue weighted by Gasteiger charge is 2.22. The van der Waals surface area contributed by atoms with Gasteiger partial charge in [0.2, 0.25) is 0 Å². The van der Waals surface area contributed by atoms with E-state index >= 15 is 0 Å². The molecule has 1 aliphatic heterocycles. The second-order valence-electron chi connectivity index (χ2n) is 6.28. The minimum atomic E-state index is -0.0502. The van der Waals surface area contributed by atoms with Crippen LogP contribution in [-0.4, -0.2) is 31.4 Å². The van der Waals surface area contributed by atoms with Gasteiger partial charge in [-0.2, -0.15) is 0 Å². The standard InChI is InChI=1S/C18H19N5OS/c1-11-16(25-12(2)20-11)10-23-7-5-15-14(9-23)18(24)22-17(21-15)13-4-3-6-19-8-13/h3-4,6,8H,5,7,9-10H2,1-2H3,(H,21,22,24). The molecule has 4 rings (SSSR count). The zero-order valence-electron chi connectivity index (χ0n) is 14.2. The van der Waals surface area contributed by atoms with Gasteiger partial charge in [0.1, 0.15) is 5.82 Å².